The van der Waals surface area contributed by atoms with Crippen LogP contribution in [0.2, 0.25) is 0 Å². The molecule has 0 unspecified atom stereocenters. The number of fused-ring (bicyclic) bond motifs is 1. The topological polar surface area (TPSA) is 65.2 Å². The van der Waals surface area contributed by atoms with Crippen molar-refractivity contribution in [1.82, 2.24) is 24.2 Å². The molecule has 0 bridgehead atoms. The fourth-order valence-corrected chi connectivity index (χ4v) is 3.87. The van der Waals surface area contributed by atoms with Crippen LogP contribution in [0.4, 0.5) is 4.79 Å². The average Bonchev–Trinajstić information content (AvgIpc) is 3.16. The number of rotatable bonds is 3. The van der Waals surface area contributed by atoms with Gasteiger partial charge in [-0.15, -0.1) is 0 Å². The third-order valence-corrected chi connectivity index (χ3v) is 5.54. The Morgan fingerprint density at radius 3 is 2.59 bits per heavy atom. The van der Waals surface area contributed by atoms with Crippen molar-refractivity contribution in [2.75, 3.05) is 7.05 Å². The van der Waals surface area contributed by atoms with Gasteiger partial charge in [-0.2, -0.15) is 5.10 Å². The number of nitrogens with zero attached hydrogens (tertiary/aromatic N) is 5. The van der Waals surface area contributed by atoms with E-state index in [0.717, 1.165) is 40.7 Å². The van der Waals surface area contributed by atoms with Crippen molar-refractivity contribution in [3.8, 4) is 11.1 Å². The minimum atomic E-state index is -0.481. The molecule has 0 radical (unpaired) electrons. The summed E-state index contributed by atoms with van der Waals surface area (Å²) in [7, 11) is 3.75. The first-order valence-corrected chi connectivity index (χ1v) is 10.1. The first-order chi connectivity index (χ1) is 13.6. The molecule has 3 aromatic heterocycles. The highest BCUT2D eigenvalue weighted by Crippen LogP contribution is 2.40. The van der Waals surface area contributed by atoms with E-state index in [4.69, 9.17) is 9.72 Å². The lowest BCUT2D eigenvalue weighted by atomic mass is 9.85. The highest BCUT2D eigenvalue weighted by molar-refractivity contribution is 5.94. The van der Waals surface area contributed by atoms with E-state index in [1.807, 2.05) is 64.9 Å². The molecular weight excluding hydrogens is 366 g/mol. The number of hydrogen-bond donors (Lipinski definition) is 0. The van der Waals surface area contributed by atoms with Gasteiger partial charge in [0.05, 0.1) is 6.20 Å². The fourth-order valence-electron chi connectivity index (χ4n) is 3.87. The molecule has 1 aliphatic carbocycles. The zero-order valence-corrected chi connectivity index (χ0v) is 18.0. The van der Waals surface area contributed by atoms with Crippen LogP contribution in [-0.4, -0.2) is 49.0 Å². The van der Waals surface area contributed by atoms with Crippen LogP contribution in [0.3, 0.4) is 0 Å². The van der Waals surface area contributed by atoms with Gasteiger partial charge in [-0.25, -0.2) is 9.78 Å². The van der Waals surface area contributed by atoms with Crippen molar-refractivity contribution in [1.29, 1.82) is 0 Å². The molecule has 0 atom stereocenters. The van der Waals surface area contributed by atoms with Crippen molar-refractivity contribution in [3.63, 3.8) is 0 Å². The lowest BCUT2D eigenvalue weighted by Gasteiger charge is -2.42. The first-order valence-electron chi connectivity index (χ1n) is 10.1. The van der Waals surface area contributed by atoms with Crippen LogP contribution in [0.5, 0.6) is 0 Å². The maximum Gasteiger partial charge on any atom is 0.410 e. The van der Waals surface area contributed by atoms with Crippen molar-refractivity contribution in [2.45, 2.75) is 58.2 Å². The molecule has 0 N–H and O–H groups in total. The molecule has 1 fully saturated rings. The molecule has 1 aliphatic rings. The summed E-state index contributed by atoms with van der Waals surface area (Å²) in [6, 6.07) is 4.68. The van der Waals surface area contributed by atoms with Crippen molar-refractivity contribution in [3.05, 3.63) is 36.4 Å². The summed E-state index contributed by atoms with van der Waals surface area (Å²) >= 11 is 0. The number of pyridine rings is 1. The maximum absolute atomic E-state index is 12.4. The van der Waals surface area contributed by atoms with Gasteiger partial charge in [-0.3, -0.25) is 4.68 Å². The molecule has 0 saturated heterocycles. The Labute approximate surface area is 171 Å². The number of aromatic nitrogens is 4. The fraction of sp³-hybridized carbons (Fsp3) is 0.500. The highest BCUT2D eigenvalue weighted by atomic mass is 16.6. The summed E-state index contributed by atoms with van der Waals surface area (Å²) in [5, 5.41) is 5.45. The lowest BCUT2D eigenvalue weighted by molar-refractivity contribution is 0.00810. The lowest BCUT2D eigenvalue weighted by Crippen LogP contribution is -2.47. The minimum Gasteiger partial charge on any atom is -0.444 e. The predicted molar refractivity (Wildman–Crippen MR) is 113 cm³/mol. The van der Waals surface area contributed by atoms with Crippen molar-refractivity contribution >= 4 is 17.1 Å². The molecule has 29 heavy (non-hydrogen) atoms. The molecule has 1 amide bonds. The van der Waals surface area contributed by atoms with E-state index in [1.54, 1.807) is 4.90 Å². The summed E-state index contributed by atoms with van der Waals surface area (Å²) < 4.78 is 9.59. The van der Waals surface area contributed by atoms with E-state index in [2.05, 4.69) is 21.9 Å². The van der Waals surface area contributed by atoms with E-state index in [-0.39, 0.29) is 12.1 Å². The predicted octanol–water partition coefficient (Wildman–Crippen LogP) is 4.32. The Hall–Kier alpha value is -2.83. The van der Waals surface area contributed by atoms with Crippen LogP contribution in [0.25, 0.3) is 22.2 Å². The van der Waals surface area contributed by atoms with Crippen LogP contribution < -0.4 is 0 Å². The molecule has 3 heterocycles. The summed E-state index contributed by atoms with van der Waals surface area (Å²) in [4.78, 5) is 18.9. The van der Waals surface area contributed by atoms with Gasteiger partial charge in [0, 0.05) is 60.8 Å². The highest BCUT2D eigenvalue weighted by Gasteiger charge is 2.37. The molecule has 0 aromatic carbocycles. The summed E-state index contributed by atoms with van der Waals surface area (Å²) in [6.45, 7) is 7.69. The molecule has 0 aliphatic heterocycles. The summed E-state index contributed by atoms with van der Waals surface area (Å²) in [5.74, 6) is 0. The SMILES string of the molecule is Cc1ccc2c(-c3cnn(C)c3)cn(C3CC(N(C)C(=O)OC(C)(C)C)C3)c2n1. The van der Waals surface area contributed by atoms with Crippen LogP contribution in [0, 0.1) is 6.92 Å². The molecule has 7 heteroatoms. The largest absolute Gasteiger partial charge is 0.444 e. The second-order valence-electron chi connectivity index (χ2n) is 9.05. The Morgan fingerprint density at radius 1 is 1.24 bits per heavy atom. The van der Waals surface area contributed by atoms with Gasteiger partial charge in [0.2, 0.25) is 0 Å². The Kier molecular flexibility index (Phi) is 4.63. The number of carbonyl (C=O) groups is 1. The standard InChI is InChI=1S/C22H29N5O2/c1-14-7-8-18-19(15-11-23-25(5)12-15)13-27(20(18)24-14)17-9-16(10-17)26(6)21(28)29-22(2,3)4/h7-8,11-13,16-17H,9-10H2,1-6H3. The monoisotopic (exact) mass is 395 g/mol. The number of aryl methyl sites for hydroxylation is 2. The molecule has 0 spiro atoms. The smallest absolute Gasteiger partial charge is 0.410 e. The first kappa shape index (κ1) is 19.5. The van der Waals surface area contributed by atoms with E-state index in [0.29, 0.717) is 6.04 Å². The Bertz CT molecular complexity index is 1050. The van der Waals surface area contributed by atoms with Gasteiger partial charge >= 0.3 is 6.09 Å². The minimum absolute atomic E-state index is 0.180. The molecule has 7 nitrogen and oxygen atoms in total. The number of carbonyl (C=O) groups excluding carboxylic acids is 1. The average molecular weight is 396 g/mol. The van der Waals surface area contributed by atoms with Crippen LogP contribution in [0.1, 0.15) is 45.3 Å². The van der Waals surface area contributed by atoms with E-state index < -0.39 is 5.60 Å². The molecule has 3 aromatic rings. The van der Waals surface area contributed by atoms with Crippen molar-refractivity contribution in [2.24, 2.45) is 7.05 Å². The zero-order chi connectivity index (χ0) is 20.9. The Morgan fingerprint density at radius 2 is 1.97 bits per heavy atom. The quantitative estimate of drug-likeness (QED) is 0.663. The second kappa shape index (κ2) is 6.90. The van der Waals surface area contributed by atoms with Gasteiger partial charge in [-0.1, -0.05) is 0 Å². The van der Waals surface area contributed by atoms with E-state index in [9.17, 15) is 4.79 Å². The summed E-state index contributed by atoms with van der Waals surface area (Å²) in [5.41, 5.74) is 3.74. The number of amides is 1. The van der Waals surface area contributed by atoms with Gasteiger partial charge in [0.15, 0.2) is 0 Å². The molecule has 1 saturated carbocycles. The van der Waals surface area contributed by atoms with Gasteiger partial charge in [0.1, 0.15) is 11.2 Å². The second-order valence-corrected chi connectivity index (χ2v) is 9.05. The molecular formula is C22H29N5O2. The van der Waals surface area contributed by atoms with Crippen LogP contribution >= 0.6 is 0 Å². The molecule has 4 rings (SSSR count). The Balaban J connectivity index is 1.58. The van der Waals surface area contributed by atoms with E-state index in [1.165, 1.54) is 0 Å². The van der Waals surface area contributed by atoms with E-state index >= 15 is 0 Å². The van der Waals surface area contributed by atoms with Crippen LogP contribution in [-0.2, 0) is 11.8 Å². The molecule has 154 valence electrons. The third-order valence-electron chi connectivity index (χ3n) is 5.54. The van der Waals surface area contributed by atoms with Gasteiger partial charge in [-0.05, 0) is 52.7 Å². The maximum atomic E-state index is 12.4. The number of hydrogen-bond acceptors (Lipinski definition) is 4. The van der Waals surface area contributed by atoms with Gasteiger partial charge < -0.3 is 14.2 Å². The normalized spacial score (nSPS) is 19.2. The zero-order valence-electron chi connectivity index (χ0n) is 18.0. The van der Waals surface area contributed by atoms with Crippen molar-refractivity contribution < 1.29 is 9.53 Å². The third kappa shape index (κ3) is 3.73. The van der Waals surface area contributed by atoms with Gasteiger partial charge in [0.25, 0.3) is 0 Å². The van der Waals surface area contributed by atoms with Crippen LogP contribution in [0.15, 0.2) is 30.7 Å². The number of ether oxygens (including phenoxy) is 1. The summed E-state index contributed by atoms with van der Waals surface area (Å²) in [6.07, 6.45) is 7.62.